The lowest BCUT2D eigenvalue weighted by molar-refractivity contribution is -0.110. The second kappa shape index (κ2) is 12.0. The molecular formula is C26H36ClN3O2. The number of halogens is 1. The predicted octanol–water partition coefficient (Wildman–Crippen LogP) is 6.54. The van der Waals surface area contributed by atoms with E-state index in [1.54, 1.807) is 6.08 Å². The number of nitrogens with zero attached hydrogens (tertiary/aromatic N) is 2. The van der Waals surface area contributed by atoms with Crippen molar-refractivity contribution in [2.45, 2.75) is 58.5 Å². The predicted molar refractivity (Wildman–Crippen MR) is 135 cm³/mol. The van der Waals surface area contributed by atoms with Crippen LogP contribution in [0, 0.1) is 5.92 Å². The van der Waals surface area contributed by atoms with Gasteiger partial charge in [0.15, 0.2) is 0 Å². The van der Waals surface area contributed by atoms with Gasteiger partial charge in [-0.25, -0.2) is 0 Å². The summed E-state index contributed by atoms with van der Waals surface area (Å²) >= 11 is 6.50. The number of amides is 1. The van der Waals surface area contributed by atoms with Crippen molar-refractivity contribution in [2.75, 3.05) is 14.1 Å². The second-order valence-corrected chi connectivity index (χ2v) is 9.55. The zero-order valence-corrected chi connectivity index (χ0v) is 20.7. The SMILES string of the molecule is C=Cc1c(Cl)cc(CC(NC=O)c2ccc(CN(C)C)o2)c(C2CC2)c1N=C.CC(C)C. The van der Waals surface area contributed by atoms with Crippen LogP contribution < -0.4 is 5.32 Å². The van der Waals surface area contributed by atoms with Crippen LogP contribution in [0.5, 0.6) is 0 Å². The average Bonchev–Trinajstić information content (AvgIpc) is 3.44. The minimum absolute atomic E-state index is 0.283. The summed E-state index contributed by atoms with van der Waals surface area (Å²) in [7, 11) is 3.97. The normalized spacial score (nSPS) is 14.0. The summed E-state index contributed by atoms with van der Waals surface area (Å²) in [5.74, 6) is 2.86. The van der Waals surface area contributed by atoms with Gasteiger partial charge in [0.2, 0.25) is 6.41 Å². The van der Waals surface area contributed by atoms with Crippen molar-refractivity contribution in [3.8, 4) is 0 Å². The molecule has 1 aliphatic carbocycles. The molecule has 1 unspecified atom stereocenters. The molecule has 1 aliphatic rings. The van der Waals surface area contributed by atoms with Gasteiger partial charge in [-0.1, -0.05) is 45.0 Å². The molecule has 5 nitrogen and oxygen atoms in total. The minimum Gasteiger partial charge on any atom is -0.463 e. The standard InChI is InChI=1S/C22H26ClN3O2.C4H10/c1-5-17-18(23)10-15(21(14-6-7-14)22(17)24-2)11-19(25-13-27)20-9-8-16(28-20)12-26(3)4;1-4(2)3/h5,8-10,13-14,19H,1-2,6-7,11-12H2,3-4H3,(H,25,27);4H,1-3H3. The molecular weight excluding hydrogens is 422 g/mol. The molecule has 1 amide bonds. The van der Waals surface area contributed by atoms with Crippen molar-refractivity contribution in [1.82, 2.24) is 10.2 Å². The fourth-order valence-electron chi connectivity index (χ4n) is 3.60. The monoisotopic (exact) mass is 457 g/mol. The quantitative estimate of drug-likeness (QED) is 0.325. The molecule has 6 heteroatoms. The van der Waals surface area contributed by atoms with Gasteiger partial charge in [-0.05, 0) is 74.8 Å². The number of rotatable bonds is 10. The van der Waals surface area contributed by atoms with Crippen molar-refractivity contribution >= 4 is 36.5 Å². The van der Waals surface area contributed by atoms with E-state index in [1.165, 1.54) is 0 Å². The number of benzene rings is 1. The van der Waals surface area contributed by atoms with E-state index in [4.69, 9.17) is 16.0 Å². The molecule has 1 aromatic heterocycles. The van der Waals surface area contributed by atoms with Crippen LogP contribution >= 0.6 is 11.6 Å². The molecule has 174 valence electrons. The zero-order valence-electron chi connectivity index (χ0n) is 20.0. The summed E-state index contributed by atoms with van der Waals surface area (Å²) in [6.07, 6.45) is 5.24. The van der Waals surface area contributed by atoms with Crippen LogP contribution in [0.15, 0.2) is 34.2 Å². The summed E-state index contributed by atoms with van der Waals surface area (Å²) in [5, 5.41) is 3.48. The molecule has 2 aromatic rings. The third-order valence-corrected chi connectivity index (χ3v) is 5.27. The van der Waals surface area contributed by atoms with E-state index in [-0.39, 0.29) is 6.04 Å². The van der Waals surface area contributed by atoms with Gasteiger partial charge in [0.1, 0.15) is 11.5 Å². The van der Waals surface area contributed by atoms with Crippen LogP contribution in [-0.2, 0) is 17.8 Å². The number of nitrogens with one attached hydrogen (secondary N) is 1. The Labute approximate surface area is 197 Å². The number of carbonyl (C=O) groups is 1. The molecule has 1 N–H and O–H groups in total. The molecule has 1 atom stereocenters. The van der Waals surface area contributed by atoms with E-state index in [2.05, 4.69) is 44.4 Å². The van der Waals surface area contributed by atoms with E-state index in [9.17, 15) is 4.79 Å². The summed E-state index contributed by atoms with van der Waals surface area (Å²) in [6.45, 7) is 14.8. The van der Waals surface area contributed by atoms with Gasteiger partial charge in [-0.3, -0.25) is 9.79 Å². The average molecular weight is 458 g/mol. The summed E-state index contributed by atoms with van der Waals surface area (Å²) < 4.78 is 5.98. The van der Waals surface area contributed by atoms with Crippen molar-refractivity contribution in [2.24, 2.45) is 10.9 Å². The Balaban J connectivity index is 0.000000837. The largest absolute Gasteiger partial charge is 0.463 e. The smallest absolute Gasteiger partial charge is 0.207 e. The molecule has 1 heterocycles. The van der Waals surface area contributed by atoms with Gasteiger partial charge in [-0.15, -0.1) is 0 Å². The van der Waals surface area contributed by atoms with Crippen LogP contribution in [0.2, 0.25) is 5.02 Å². The lowest BCUT2D eigenvalue weighted by Crippen LogP contribution is -2.22. The van der Waals surface area contributed by atoms with E-state index >= 15 is 0 Å². The number of aliphatic imine (C=N–C) groups is 1. The topological polar surface area (TPSA) is 57.8 Å². The fraction of sp³-hybridized carbons (Fsp3) is 0.462. The van der Waals surface area contributed by atoms with Crippen LogP contribution in [0.1, 0.15) is 73.8 Å². The maximum atomic E-state index is 11.3. The summed E-state index contributed by atoms with van der Waals surface area (Å²) in [4.78, 5) is 17.6. The van der Waals surface area contributed by atoms with E-state index in [0.717, 1.165) is 52.7 Å². The van der Waals surface area contributed by atoms with Crippen molar-refractivity contribution in [1.29, 1.82) is 0 Å². The molecule has 32 heavy (non-hydrogen) atoms. The second-order valence-electron chi connectivity index (χ2n) is 9.15. The first-order valence-corrected chi connectivity index (χ1v) is 11.5. The van der Waals surface area contributed by atoms with E-state index < -0.39 is 0 Å². The Morgan fingerprint density at radius 2 is 1.97 bits per heavy atom. The first-order chi connectivity index (χ1) is 15.2. The Kier molecular flexibility index (Phi) is 9.73. The zero-order chi connectivity index (χ0) is 23.8. The number of furan rings is 1. The Hall–Kier alpha value is -2.37. The van der Waals surface area contributed by atoms with Gasteiger partial charge < -0.3 is 14.6 Å². The minimum atomic E-state index is -0.283. The van der Waals surface area contributed by atoms with Crippen LogP contribution in [0.4, 0.5) is 5.69 Å². The lowest BCUT2D eigenvalue weighted by Gasteiger charge is -2.20. The molecule has 3 rings (SSSR count). The molecule has 0 bridgehead atoms. The Bertz CT molecular complexity index is 927. The molecule has 1 saturated carbocycles. The van der Waals surface area contributed by atoms with Gasteiger partial charge in [-0.2, -0.15) is 0 Å². The number of hydrogen-bond donors (Lipinski definition) is 1. The van der Waals surface area contributed by atoms with Gasteiger partial charge in [0.05, 0.1) is 23.3 Å². The molecule has 1 aromatic carbocycles. The number of hydrogen-bond acceptors (Lipinski definition) is 4. The molecule has 0 saturated heterocycles. The highest BCUT2D eigenvalue weighted by Gasteiger charge is 2.31. The van der Waals surface area contributed by atoms with Crippen LogP contribution in [0.25, 0.3) is 6.08 Å². The molecule has 0 aliphatic heterocycles. The van der Waals surface area contributed by atoms with E-state index in [0.29, 0.717) is 30.3 Å². The van der Waals surface area contributed by atoms with Crippen molar-refractivity contribution < 1.29 is 9.21 Å². The van der Waals surface area contributed by atoms with Gasteiger partial charge in [0, 0.05) is 12.0 Å². The molecule has 0 spiro atoms. The van der Waals surface area contributed by atoms with E-state index in [1.807, 2.05) is 37.2 Å². The third-order valence-electron chi connectivity index (χ3n) is 4.95. The first-order valence-electron chi connectivity index (χ1n) is 11.1. The maximum Gasteiger partial charge on any atom is 0.207 e. The highest BCUT2D eigenvalue weighted by Crippen LogP contribution is 2.49. The molecule has 0 radical (unpaired) electrons. The summed E-state index contributed by atoms with van der Waals surface area (Å²) in [6, 6.07) is 5.54. The number of carbonyl (C=O) groups excluding carboxylic acids is 1. The van der Waals surface area contributed by atoms with Crippen molar-refractivity contribution in [3.05, 3.63) is 58.0 Å². The van der Waals surface area contributed by atoms with Crippen LogP contribution in [-0.4, -0.2) is 32.1 Å². The third kappa shape index (κ3) is 7.07. The van der Waals surface area contributed by atoms with Gasteiger partial charge in [0.25, 0.3) is 0 Å². The fourth-order valence-corrected chi connectivity index (χ4v) is 3.90. The van der Waals surface area contributed by atoms with Crippen molar-refractivity contribution in [3.63, 3.8) is 0 Å². The Morgan fingerprint density at radius 1 is 1.31 bits per heavy atom. The van der Waals surface area contributed by atoms with Crippen LogP contribution in [0.3, 0.4) is 0 Å². The van der Waals surface area contributed by atoms with Gasteiger partial charge >= 0.3 is 0 Å². The molecule has 1 fully saturated rings. The highest BCUT2D eigenvalue weighted by atomic mass is 35.5. The Morgan fingerprint density at radius 3 is 2.47 bits per heavy atom. The maximum absolute atomic E-state index is 11.3. The first kappa shape index (κ1) is 25.9. The summed E-state index contributed by atoms with van der Waals surface area (Å²) in [5.41, 5.74) is 3.84. The lowest BCUT2D eigenvalue weighted by atomic mass is 9.92. The highest BCUT2D eigenvalue weighted by molar-refractivity contribution is 6.32.